The molecule has 4 nitrogen and oxygen atoms in total. The molecule has 0 saturated carbocycles. The number of nitrogens with zero attached hydrogens (tertiary/aromatic N) is 1. The largest absolute Gasteiger partial charge is 0.385 e. The van der Waals surface area contributed by atoms with E-state index in [0.717, 1.165) is 28.5 Å². The number of aromatic nitrogens is 1. The fraction of sp³-hybridized carbons (Fsp3) is 0.333. The molecule has 2 rings (SSSR count). The Labute approximate surface area is 123 Å². The average molecular weight is 289 g/mol. The number of rotatable bonds is 5. The van der Waals surface area contributed by atoms with Gasteiger partial charge < -0.3 is 10.6 Å². The van der Waals surface area contributed by atoms with E-state index in [2.05, 4.69) is 22.5 Å². The lowest BCUT2D eigenvalue weighted by atomic mass is 10.1. The number of hydrogen-bond acceptors (Lipinski definition) is 4. The van der Waals surface area contributed by atoms with Crippen LogP contribution in [0.15, 0.2) is 23.6 Å². The molecule has 0 spiro atoms. The SMILES string of the molecule is CCNc1ccc(C(=O)NCc2nc(C)cs2)cc1C. The molecule has 0 saturated heterocycles. The topological polar surface area (TPSA) is 54.0 Å². The molecule has 1 heterocycles. The third kappa shape index (κ3) is 3.57. The molecule has 0 aliphatic heterocycles. The third-order valence-corrected chi connectivity index (χ3v) is 3.89. The molecule has 106 valence electrons. The van der Waals surface area contributed by atoms with Crippen molar-refractivity contribution < 1.29 is 4.79 Å². The molecule has 0 aliphatic carbocycles. The fourth-order valence-corrected chi connectivity index (χ4v) is 2.65. The van der Waals surface area contributed by atoms with E-state index in [0.29, 0.717) is 12.1 Å². The van der Waals surface area contributed by atoms with Crippen LogP contribution in [0.1, 0.15) is 33.5 Å². The first-order valence-corrected chi connectivity index (χ1v) is 7.52. The monoisotopic (exact) mass is 289 g/mol. The normalized spacial score (nSPS) is 10.3. The maximum atomic E-state index is 12.1. The van der Waals surface area contributed by atoms with Crippen molar-refractivity contribution in [2.24, 2.45) is 0 Å². The van der Waals surface area contributed by atoms with Crippen LogP contribution in [0.2, 0.25) is 0 Å². The predicted molar refractivity (Wildman–Crippen MR) is 83.4 cm³/mol. The zero-order valence-corrected chi connectivity index (χ0v) is 12.8. The van der Waals surface area contributed by atoms with E-state index in [-0.39, 0.29) is 5.91 Å². The summed E-state index contributed by atoms with van der Waals surface area (Å²) in [5, 5.41) is 9.07. The lowest BCUT2D eigenvalue weighted by Crippen LogP contribution is -2.22. The van der Waals surface area contributed by atoms with Crippen LogP contribution in [0.3, 0.4) is 0 Å². The maximum Gasteiger partial charge on any atom is 0.251 e. The molecule has 0 bridgehead atoms. The number of benzene rings is 1. The number of amides is 1. The lowest BCUT2D eigenvalue weighted by molar-refractivity contribution is 0.0951. The zero-order chi connectivity index (χ0) is 14.5. The highest BCUT2D eigenvalue weighted by atomic mass is 32.1. The average Bonchev–Trinajstić information content (AvgIpc) is 2.84. The Bertz CT molecular complexity index is 607. The number of thiazole rings is 1. The van der Waals surface area contributed by atoms with E-state index in [9.17, 15) is 4.79 Å². The Kier molecular flexibility index (Phi) is 4.74. The Hall–Kier alpha value is -1.88. The smallest absolute Gasteiger partial charge is 0.251 e. The van der Waals surface area contributed by atoms with Gasteiger partial charge >= 0.3 is 0 Å². The molecule has 2 N–H and O–H groups in total. The van der Waals surface area contributed by atoms with Crippen molar-refractivity contribution in [2.45, 2.75) is 27.3 Å². The quantitative estimate of drug-likeness (QED) is 0.889. The Morgan fingerprint density at radius 3 is 2.75 bits per heavy atom. The van der Waals surface area contributed by atoms with Gasteiger partial charge in [-0.1, -0.05) is 0 Å². The van der Waals surface area contributed by atoms with Crippen LogP contribution in [0.25, 0.3) is 0 Å². The molecule has 1 aromatic carbocycles. The van der Waals surface area contributed by atoms with Crippen LogP contribution < -0.4 is 10.6 Å². The molecule has 0 aliphatic rings. The second kappa shape index (κ2) is 6.52. The molecule has 20 heavy (non-hydrogen) atoms. The zero-order valence-electron chi connectivity index (χ0n) is 12.0. The van der Waals surface area contributed by atoms with Crippen LogP contribution in [-0.2, 0) is 6.54 Å². The second-order valence-corrected chi connectivity index (χ2v) is 5.57. The Morgan fingerprint density at radius 1 is 1.35 bits per heavy atom. The standard InChI is InChI=1S/C15H19N3OS/c1-4-16-13-6-5-12(7-10(13)2)15(19)17-8-14-18-11(3)9-20-14/h5-7,9,16H,4,8H2,1-3H3,(H,17,19). The van der Waals surface area contributed by atoms with Crippen LogP contribution >= 0.6 is 11.3 Å². The van der Waals surface area contributed by atoms with Gasteiger partial charge in [-0.05, 0) is 44.5 Å². The number of hydrogen-bond donors (Lipinski definition) is 2. The van der Waals surface area contributed by atoms with Crippen molar-refractivity contribution in [3.63, 3.8) is 0 Å². The van der Waals surface area contributed by atoms with Gasteiger partial charge in [0.05, 0.1) is 6.54 Å². The van der Waals surface area contributed by atoms with E-state index in [1.807, 2.05) is 37.4 Å². The highest BCUT2D eigenvalue weighted by Crippen LogP contribution is 2.16. The molecule has 2 aromatic rings. The first-order valence-electron chi connectivity index (χ1n) is 6.64. The molecule has 0 atom stereocenters. The molecular formula is C15H19N3OS. The van der Waals surface area contributed by atoms with Crippen LogP contribution in [0.4, 0.5) is 5.69 Å². The molecule has 5 heteroatoms. The van der Waals surface area contributed by atoms with E-state index >= 15 is 0 Å². The van der Waals surface area contributed by atoms with E-state index in [1.54, 1.807) is 11.3 Å². The molecule has 0 radical (unpaired) electrons. The van der Waals surface area contributed by atoms with Crippen molar-refractivity contribution >= 4 is 22.9 Å². The molecular weight excluding hydrogens is 270 g/mol. The summed E-state index contributed by atoms with van der Waals surface area (Å²) in [6, 6.07) is 5.69. The first-order chi connectivity index (χ1) is 9.60. The molecule has 1 aromatic heterocycles. The van der Waals surface area contributed by atoms with Crippen LogP contribution in [-0.4, -0.2) is 17.4 Å². The summed E-state index contributed by atoms with van der Waals surface area (Å²) in [6.45, 7) is 7.35. The van der Waals surface area contributed by atoms with Crippen molar-refractivity contribution in [1.29, 1.82) is 0 Å². The van der Waals surface area contributed by atoms with Gasteiger partial charge in [0.25, 0.3) is 5.91 Å². The van der Waals surface area contributed by atoms with Crippen LogP contribution in [0, 0.1) is 13.8 Å². The van der Waals surface area contributed by atoms with Gasteiger partial charge in [0, 0.05) is 28.9 Å². The van der Waals surface area contributed by atoms with E-state index in [1.165, 1.54) is 0 Å². The van der Waals surface area contributed by atoms with Crippen molar-refractivity contribution in [3.05, 3.63) is 45.4 Å². The minimum atomic E-state index is -0.0657. The number of carbonyl (C=O) groups excluding carboxylic acids is 1. The van der Waals surface area contributed by atoms with Crippen molar-refractivity contribution in [2.75, 3.05) is 11.9 Å². The summed E-state index contributed by atoms with van der Waals surface area (Å²) in [5.41, 5.74) is 3.81. The summed E-state index contributed by atoms with van der Waals surface area (Å²) < 4.78 is 0. The summed E-state index contributed by atoms with van der Waals surface area (Å²) in [4.78, 5) is 16.4. The van der Waals surface area contributed by atoms with Gasteiger partial charge in [-0.15, -0.1) is 11.3 Å². The number of nitrogens with one attached hydrogen (secondary N) is 2. The van der Waals surface area contributed by atoms with Crippen molar-refractivity contribution in [3.8, 4) is 0 Å². The minimum absolute atomic E-state index is 0.0657. The second-order valence-electron chi connectivity index (χ2n) is 4.63. The summed E-state index contributed by atoms with van der Waals surface area (Å²) >= 11 is 1.56. The van der Waals surface area contributed by atoms with Gasteiger partial charge in [0.15, 0.2) is 0 Å². The number of anilines is 1. The lowest BCUT2D eigenvalue weighted by Gasteiger charge is -2.09. The highest BCUT2D eigenvalue weighted by molar-refractivity contribution is 7.09. The van der Waals surface area contributed by atoms with Gasteiger partial charge in [0.2, 0.25) is 0 Å². The third-order valence-electron chi connectivity index (χ3n) is 2.92. The Morgan fingerprint density at radius 2 is 2.15 bits per heavy atom. The number of aryl methyl sites for hydroxylation is 2. The summed E-state index contributed by atoms with van der Waals surface area (Å²) in [5.74, 6) is -0.0657. The maximum absolute atomic E-state index is 12.1. The van der Waals surface area contributed by atoms with Gasteiger partial charge in [0.1, 0.15) is 5.01 Å². The fourth-order valence-electron chi connectivity index (χ4n) is 1.94. The van der Waals surface area contributed by atoms with Crippen LogP contribution in [0.5, 0.6) is 0 Å². The Balaban J connectivity index is 2.00. The van der Waals surface area contributed by atoms with E-state index in [4.69, 9.17) is 0 Å². The minimum Gasteiger partial charge on any atom is -0.385 e. The summed E-state index contributed by atoms with van der Waals surface area (Å²) in [6.07, 6.45) is 0. The molecule has 1 amide bonds. The molecule has 0 unspecified atom stereocenters. The number of carbonyl (C=O) groups is 1. The van der Waals surface area contributed by atoms with Crippen molar-refractivity contribution in [1.82, 2.24) is 10.3 Å². The predicted octanol–water partition coefficient (Wildman–Crippen LogP) is 3.12. The highest BCUT2D eigenvalue weighted by Gasteiger charge is 2.08. The van der Waals surface area contributed by atoms with E-state index < -0.39 is 0 Å². The van der Waals surface area contributed by atoms with Gasteiger partial charge in [-0.25, -0.2) is 4.98 Å². The van der Waals surface area contributed by atoms with Gasteiger partial charge in [-0.2, -0.15) is 0 Å². The first kappa shape index (κ1) is 14.5. The summed E-state index contributed by atoms with van der Waals surface area (Å²) in [7, 11) is 0. The molecule has 0 fully saturated rings. The van der Waals surface area contributed by atoms with Gasteiger partial charge in [-0.3, -0.25) is 4.79 Å².